The number of benzene rings is 1. The topological polar surface area (TPSA) is 112 Å². The van der Waals surface area contributed by atoms with Crippen LogP contribution in [0.1, 0.15) is 48.5 Å². The molecule has 0 bridgehead atoms. The lowest BCUT2D eigenvalue weighted by Crippen LogP contribution is -2.39. The number of hydrogen-bond donors (Lipinski definition) is 4. The maximum Gasteiger partial charge on any atom is 0.251 e. The van der Waals surface area contributed by atoms with Crippen LogP contribution in [0.2, 0.25) is 0 Å². The van der Waals surface area contributed by atoms with Crippen molar-refractivity contribution in [3.8, 4) is 0 Å². The van der Waals surface area contributed by atoms with Crippen molar-refractivity contribution in [2.24, 2.45) is 16.6 Å². The summed E-state index contributed by atoms with van der Waals surface area (Å²) < 4.78 is 0. The normalized spacial score (nSPS) is 15.0. The van der Waals surface area contributed by atoms with E-state index in [0.717, 1.165) is 82.9 Å². The molecule has 0 aromatic heterocycles. The minimum Gasteiger partial charge on any atom is -0.369 e. The van der Waals surface area contributed by atoms with Gasteiger partial charge >= 0.3 is 0 Å². The molecule has 0 saturated carbocycles. The van der Waals surface area contributed by atoms with E-state index in [2.05, 4.69) is 32.8 Å². The zero-order valence-corrected chi connectivity index (χ0v) is 21.7. The molecular weight excluding hydrogens is 519 g/mol. The Balaban J connectivity index is 0.00000512. The molecular formula is C23H39IN6O2. The van der Waals surface area contributed by atoms with Gasteiger partial charge in [-0.2, -0.15) is 0 Å². The zero-order chi connectivity index (χ0) is 22.5. The van der Waals surface area contributed by atoms with Crippen LogP contribution in [0.15, 0.2) is 29.3 Å². The van der Waals surface area contributed by atoms with E-state index >= 15 is 0 Å². The van der Waals surface area contributed by atoms with Gasteiger partial charge in [-0.05, 0) is 76.4 Å². The molecule has 0 aliphatic carbocycles. The van der Waals surface area contributed by atoms with Gasteiger partial charge in [0.15, 0.2) is 5.96 Å². The molecule has 1 heterocycles. The number of guanidine groups is 1. The highest BCUT2D eigenvalue weighted by Crippen LogP contribution is 2.16. The number of piperidine rings is 1. The fourth-order valence-corrected chi connectivity index (χ4v) is 3.76. The standard InChI is InChI=1S/C23H38N6O2.HI/c1-3-26-23(28-13-9-18-7-6-8-20(17-18)22(31)25-2)27-12-4-5-14-29-15-10-19(11-16-29)21(24)30;/h6-8,17,19H,3-5,9-16H2,1-2H3,(H2,24,30)(H,25,31)(H2,26,27,28);1H. The van der Waals surface area contributed by atoms with Gasteiger partial charge in [0.1, 0.15) is 0 Å². The van der Waals surface area contributed by atoms with Crippen LogP contribution in [-0.2, 0) is 11.2 Å². The van der Waals surface area contributed by atoms with E-state index in [1.54, 1.807) is 7.05 Å². The quantitative estimate of drug-likeness (QED) is 0.143. The smallest absolute Gasteiger partial charge is 0.251 e. The molecule has 1 saturated heterocycles. The molecule has 0 spiro atoms. The summed E-state index contributed by atoms with van der Waals surface area (Å²) in [5, 5.41) is 9.31. The minimum absolute atomic E-state index is 0. The van der Waals surface area contributed by atoms with Crippen LogP contribution in [0.25, 0.3) is 0 Å². The van der Waals surface area contributed by atoms with E-state index in [1.807, 2.05) is 24.3 Å². The first-order chi connectivity index (χ1) is 15.0. The second-order valence-electron chi connectivity index (χ2n) is 7.94. The van der Waals surface area contributed by atoms with Crippen molar-refractivity contribution < 1.29 is 9.59 Å². The fourth-order valence-electron chi connectivity index (χ4n) is 3.76. The molecule has 32 heavy (non-hydrogen) atoms. The van der Waals surface area contributed by atoms with Gasteiger partial charge < -0.3 is 26.6 Å². The highest BCUT2D eigenvalue weighted by atomic mass is 127. The number of nitrogens with one attached hydrogen (secondary N) is 3. The van der Waals surface area contributed by atoms with Crippen LogP contribution >= 0.6 is 24.0 Å². The predicted octanol–water partition coefficient (Wildman–Crippen LogP) is 1.74. The van der Waals surface area contributed by atoms with Crippen LogP contribution in [0, 0.1) is 5.92 Å². The molecule has 2 rings (SSSR count). The van der Waals surface area contributed by atoms with E-state index in [1.165, 1.54) is 0 Å². The molecule has 1 aromatic rings. The van der Waals surface area contributed by atoms with E-state index in [0.29, 0.717) is 5.56 Å². The minimum atomic E-state index is -0.156. The largest absolute Gasteiger partial charge is 0.369 e. The number of carbonyl (C=O) groups is 2. The summed E-state index contributed by atoms with van der Waals surface area (Å²) in [7, 11) is 1.64. The van der Waals surface area contributed by atoms with Gasteiger partial charge in [0, 0.05) is 38.2 Å². The average Bonchev–Trinajstić information content (AvgIpc) is 2.78. The molecule has 1 aliphatic rings. The summed E-state index contributed by atoms with van der Waals surface area (Å²) in [5.41, 5.74) is 7.19. The molecule has 0 radical (unpaired) electrons. The van der Waals surface area contributed by atoms with Gasteiger partial charge in [0.2, 0.25) is 5.91 Å². The average molecular weight is 559 g/mol. The maximum atomic E-state index is 11.8. The van der Waals surface area contributed by atoms with E-state index in [9.17, 15) is 9.59 Å². The Bertz CT molecular complexity index is 735. The molecule has 0 atom stereocenters. The van der Waals surface area contributed by atoms with Crippen LogP contribution in [0.4, 0.5) is 0 Å². The number of amides is 2. The highest BCUT2D eigenvalue weighted by Gasteiger charge is 2.22. The number of likely N-dealkylation sites (tertiary alicyclic amines) is 1. The second-order valence-corrected chi connectivity index (χ2v) is 7.94. The van der Waals surface area contributed by atoms with Gasteiger partial charge in [0.05, 0.1) is 0 Å². The number of primary amides is 1. The number of unbranched alkanes of at least 4 members (excludes halogenated alkanes) is 1. The van der Waals surface area contributed by atoms with E-state index in [-0.39, 0.29) is 41.7 Å². The van der Waals surface area contributed by atoms with Crippen molar-refractivity contribution in [2.45, 2.75) is 39.0 Å². The lowest BCUT2D eigenvalue weighted by molar-refractivity contribution is -0.123. The van der Waals surface area contributed by atoms with Gasteiger partial charge in [-0.15, -0.1) is 24.0 Å². The fraction of sp³-hybridized carbons (Fsp3) is 0.609. The van der Waals surface area contributed by atoms with Crippen LogP contribution < -0.4 is 21.7 Å². The molecule has 180 valence electrons. The lowest BCUT2D eigenvalue weighted by Gasteiger charge is -2.30. The number of aliphatic imine (C=N–C) groups is 1. The zero-order valence-electron chi connectivity index (χ0n) is 19.4. The molecule has 1 aromatic carbocycles. The number of carbonyl (C=O) groups excluding carboxylic acids is 2. The first-order valence-corrected chi connectivity index (χ1v) is 11.4. The summed E-state index contributed by atoms with van der Waals surface area (Å²) in [6, 6.07) is 7.69. The Labute approximate surface area is 209 Å². The summed E-state index contributed by atoms with van der Waals surface area (Å²) in [4.78, 5) is 30.1. The molecule has 0 unspecified atom stereocenters. The molecule has 1 aliphatic heterocycles. The molecule has 2 amide bonds. The maximum absolute atomic E-state index is 11.8. The second kappa shape index (κ2) is 15.8. The molecule has 1 fully saturated rings. The number of halogens is 1. The highest BCUT2D eigenvalue weighted by molar-refractivity contribution is 14.0. The van der Waals surface area contributed by atoms with Crippen molar-refractivity contribution in [1.82, 2.24) is 20.9 Å². The summed E-state index contributed by atoms with van der Waals surface area (Å²) in [6.45, 7) is 7.36. The SMILES string of the molecule is CCNC(=NCCCCN1CCC(C(N)=O)CC1)NCCc1cccc(C(=O)NC)c1.I. The Kier molecular flexibility index (Phi) is 13.9. The first-order valence-electron chi connectivity index (χ1n) is 11.4. The Morgan fingerprint density at radius 1 is 1.19 bits per heavy atom. The van der Waals surface area contributed by atoms with Crippen LogP contribution in [-0.4, -0.2) is 69.0 Å². The third kappa shape index (κ3) is 10.2. The molecule has 5 N–H and O–H groups in total. The van der Waals surface area contributed by atoms with Crippen molar-refractivity contribution in [3.63, 3.8) is 0 Å². The summed E-state index contributed by atoms with van der Waals surface area (Å²) in [6.07, 6.45) is 4.70. The van der Waals surface area contributed by atoms with Gasteiger partial charge in [-0.25, -0.2) is 0 Å². The van der Waals surface area contributed by atoms with Crippen molar-refractivity contribution in [3.05, 3.63) is 35.4 Å². The summed E-state index contributed by atoms with van der Waals surface area (Å²) in [5.74, 6) is 0.659. The number of nitrogens with two attached hydrogens (primary N) is 1. The third-order valence-corrected chi connectivity index (χ3v) is 5.61. The monoisotopic (exact) mass is 558 g/mol. The Morgan fingerprint density at radius 3 is 2.59 bits per heavy atom. The summed E-state index contributed by atoms with van der Waals surface area (Å²) >= 11 is 0. The Hall–Kier alpha value is -1.88. The van der Waals surface area contributed by atoms with Gasteiger partial charge in [0.25, 0.3) is 5.91 Å². The van der Waals surface area contributed by atoms with Crippen LogP contribution in [0.5, 0.6) is 0 Å². The van der Waals surface area contributed by atoms with Crippen molar-refractivity contribution >= 4 is 41.8 Å². The van der Waals surface area contributed by atoms with Crippen molar-refractivity contribution in [1.29, 1.82) is 0 Å². The number of hydrogen-bond acceptors (Lipinski definition) is 4. The van der Waals surface area contributed by atoms with Crippen LogP contribution in [0.3, 0.4) is 0 Å². The molecule has 8 nitrogen and oxygen atoms in total. The lowest BCUT2D eigenvalue weighted by atomic mass is 9.96. The van der Waals surface area contributed by atoms with Gasteiger partial charge in [-0.3, -0.25) is 14.6 Å². The molecule has 9 heteroatoms. The number of rotatable bonds is 11. The number of nitrogens with zero attached hydrogens (tertiary/aromatic N) is 2. The van der Waals surface area contributed by atoms with Gasteiger partial charge in [-0.1, -0.05) is 12.1 Å². The van der Waals surface area contributed by atoms with E-state index in [4.69, 9.17) is 5.73 Å². The van der Waals surface area contributed by atoms with E-state index < -0.39 is 0 Å². The first kappa shape index (κ1) is 28.2. The third-order valence-electron chi connectivity index (χ3n) is 5.61. The predicted molar refractivity (Wildman–Crippen MR) is 141 cm³/mol. The Morgan fingerprint density at radius 2 is 1.94 bits per heavy atom. The van der Waals surface area contributed by atoms with Crippen molar-refractivity contribution in [2.75, 3.05) is 46.3 Å².